The zero-order valence-electron chi connectivity index (χ0n) is 20.6. The summed E-state index contributed by atoms with van der Waals surface area (Å²) in [5.41, 5.74) is 3.24. The first-order valence-corrected chi connectivity index (χ1v) is 12.0. The second-order valence-corrected chi connectivity index (χ2v) is 9.36. The molecule has 5 nitrogen and oxygen atoms in total. The van der Waals surface area contributed by atoms with Crippen LogP contribution >= 0.6 is 0 Å². The fourth-order valence-electron chi connectivity index (χ4n) is 4.55. The maximum Gasteiger partial charge on any atom is 0.255 e. The highest BCUT2D eigenvalue weighted by atomic mass is 19.1. The lowest BCUT2D eigenvalue weighted by Crippen LogP contribution is -2.40. The van der Waals surface area contributed by atoms with E-state index in [4.69, 9.17) is 4.84 Å². The maximum atomic E-state index is 14.9. The fraction of sp³-hybridized carbons (Fsp3) is 0.357. The van der Waals surface area contributed by atoms with E-state index in [0.29, 0.717) is 11.6 Å². The number of likely N-dealkylation sites (tertiary alicyclic amines) is 1. The zero-order valence-corrected chi connectivity index (χ0v) is 20.6. The number of aromatic nitrogens is 1. The monoisotopic (exact) mass is 479 g/mol. The minimum absolute atomic E-state index is 0.104. The van der Waals surface area contributed by atoms with Crippen molar-refractivity contribution >= 4 is 5.71 Å². The van der Waals surface area contributed by atoms with E-state index < -0.39 is 11.6 Å². The maximum absolute atomic E-state index is 14.9. The third kappa shape index (κ3) is 5.51. The molecule has 1 aromatic heterocycles. The van der Waals surface area contributed by atoms with Crippen molar-refractivity contribution in [3.8, 4) is 5.69 Å². The number of oxime groups is 1. The summed E-state index contributed by atoms with van der Waals surface area (Å²) in [5, 5.41) is 4.38. The summed E-state index contributed by atoms with van der Waals surface area (Å²) in [4.78, 5) is 21.1. The van der Waals surface area contributed by atoms with Crippen LogP contribution < -0.4 is 5.56 Å². The van der Waals surface area contributed by atoms with E-state index in [-0.39, 0.29) is 22.9 Å². The molecule has 0 unspecified atom stereocenters. The molecule has 0 spiro atoms. The third-order valence-electron chi connectivity index (χ3n) is 6.55. The number of pyridine rings is 1. The van der Waals surface area contributed by atoms with Gasteiger partial charge in [0.25, 0.3) is 5.56 Å². The van der Waals surface area contributed by atoms with Crippen LogP contribution in [0.3, 0.4) is 0 Å². The van der Waals surface area contributed by atoms with E-state index in [1.54, 1.807) is 12.3 Å². The zero-order chi connectivity index (χ0) is 25.1. The van der Waals surface area contributed by atoms with Gasteiger partial charge in [0.1, 0.15) is 23.5 Å². The molecular weight excluding hydrogens is 448 g/mol. The molecule has 4 rings (SSSR count). The summed E-state index contributed by atoms with van der Waals surface area (Å²) in [7, 11) is 0. The van der Waals surface area contributed by atoms with Crippen LogP contribution in [0.25, 0.3) is 5.69 Å². The van der Waals surface area contributed by atoms with Gasteiger partial charge in [-0.3, -0.25) is 9.36 Å². The average Bonchev–Trinajstić information content (AvgIpc) is 2.82. The Bertz CT molecular complexity index is 1270. The molecule has 0 saturated carbocycles. The van der Waals surface area contributed by atoms with Gasteiger partial charge in [-0.15, -0.1) is 0 Å². The Labute approximate surface area is 204 Å². The second kappa shape index (κ2) is 10.5. The predicted molar refractivity (Wildman–Crippen MR) is 134 cm³/mol. The molecule has 2 heterocycles. The summed E-state index contributed by atoms with van der Waals surface area (Å²) in [6.45, 7) is 10.00. The SMILES string of the molecule is Cc1cccc(C)c1-n1cc(C(=NOC2CCN(C(C)C)CC2)c2ccc(F)cc2F)ccc1=O. The summed E-state index contributed by atoms with van der Waals surface area (Å²) in [6.07, 6.45) is 3.16. The number of piperidine rings is 1. The van der Waals surface area contributed by atoms with Gasteiger partial charge in [-0.25, -0.2) is 8.78 Å². The van der Waals surface area contributed by atoms with Crippen molar-refractivity contribution in [1.82, 2.24) is 9.47 Å². The van der Waals surface area contributed by atoms with E-state index in [1.807, 2.05) is 32.0 Å². The standard InChI is InChI=1S/C28H31F2N3O2/c1-18(2)32-14-12-23(13-15-32)35-31-27(24-10-9-22(29)16-25(24)30)21-8-11-26(34)33(17-21)28-19(3)6-5-7-20(28)4/h5-11,16-18,23H,12-15H2,1-4H3. The average molecular weight is 480 g/mol. The fourth-order valence-corrected chi connectivity index (χ4v) is 4.55. The Hall–Kier alpha value is -3.32. The van der Waals surface area contributed by atoms with E-state index in [9.17, 15) is 13.6 Å². The van der Waals surface area contributed by atoms with Crippen molar-refractivity contribution in [3.63, 3.8) is 0 Å². The van der Waals surface area contributed by atoms with Gasteiger partial charge in [-0.2, -0.15) is 0 Å². The molecule has 1 fully saturated rings. The van der Waals surface area contributed by atoms with Crippen molar-refractivity contribution in [2.45, 2.75) is 52.7 Å². The first kappa shape index (κ1) is 24.8. The number of hydrogen-bond donors (Lipinski definition) is 0. The molecule has 184 valence electrons. The molecular formula is C28H31F2N3O2. The van der Waals surface area contributed by atoms with Crippen molar-refractivity contribution in [2.24, 2.45) is 5.16 Å². The molecule has 2 aromatic carbocycles. The smallest absolute Gasteiger partial charge is 0.255 e. The van der Waals surface area contributed by atoms with Crippen LogP contribution in [-0.4, -0.2) is 40.4 Å². The Morgan fingerprint density at radius 3 is 2.34 bits per heavy atom. The molecule has 35 heavy (non-hydrogen) atoms. The van der Waals surface area contributed by atoms with Crippen molar-refractivity contribution < 1.29 is 13.6 Å². The normalized spacial score (nSPS) is 15.6. The van der Waals surface area contributed by atoms with Crippen LogP contribution in [0.1, 0.15) is 48.9 Å². The van der Waals surface area contributed by atoms with E-state index in [0.717, 1.165) is 48.8 Å². The molecule has 7 heteroatoms. The molecule has 1 aliphatic heterocycles. The van der Waals surface area contributed by atoms with E-state index >= 15 is 0 Å². The lowest BCUT2D eigenvalue weighted by molar-refractivity contribution is 0.00449. The van der Waals surface area contributed by atoms with Gasteiger partial charge < -0.3 is 9.74 Å². The molecule has 0 N–H and O–H groups in total. The molecule has 0 bridgehead atoms. The molecule has 0 radical (unpaired) electrons. The highest BCUT2D eigenvalue weighted by molar-refractivity contribution is 6.12. The van der Waals surface area contributed by atoms with Crippen LogP contribution in [0.5, 0.6) is 0 Å². The molecule has 0 aliphatic carbocycles. The molecule has 3 aromatic rings. The molecule has 0 atom stereocenters. The van der Waals surface area contributed by atoms with Crippen LogP contribution in [0.15, 0.2) is 64.7 Å². The van der Waals surface area contributed by atoms with Crippen molar-refractivity contribution in [2.75, 3.05) is 13.1 Å². The topological polar surface area (TPSA) is 46.8 Å². The Balaban J connectivity index is 1.75. The number of hydrogen-bond acceptors (Lipinski definition) is 4. The van der Waals surface area contributed by atoms with Gasteiger partial charge >= 0.3 is 0 Å². The number of rotatable bonds is 6. The first-order valence-electron chi connectivity index (χ1n) is 12.0. The molecule has 0 amide bonds. The van der Waals surface area contributed by atoms with Crippen LogP contribution in [0, 0.1) is 25.5 Å². The lowest BCUT2D eigenvalue weighted by Gasteiger charge is -2.33. The lowest BCUT2D eigenvalue weighted by atomic mass is 10.0. The van der Waals surface area contributed by atoms with Crippen LogP contribution in [0.4, 0.5) is 8.78 Å². The van der Waals surface area contributed by atoms with Gasteiger partial charge in [0.15, 0.2) is 0 Å². The highest BCUT2D eigenvalue weighted by Gasteiger charge is 2.23. The number of benzene rings is 2. The van der Waals surface area contributed by atoms with Crippen LogP contribution in [-0.2, 0) is 4.84 Å². The molecule has 1 saturated heterocycles. The minimum Gasteiger partial charge on any atom is -0.392 e. The molecule has 1 aliphatic rings. The number of halogens is 2. The first-order chi connectivity index (χ1) is 16.7. The van der Waals surface area contributed by atoms with E-state index in [1.165, 1.54) is 22.8 Å². The van der Waals surface area contributed by atoms with Gasteiger partial charge in [-0.05, 0) is 69.9 Å². The number of nitrogens with zero attached hydrogens (tertiary/aromatic N) is 3. The van der Waals surface area contributed by atoms with Gasteiger partial charge in [0.05, 0.1) is 5.69 Å². The van der Waals surface area contributed by atoms with E-state index in [2.05, 4.69) is 23.9 Å². The third-order valence-corrected chi connectivity index (χ3v) is 6.55. The van der Waals surface area contributed by atoms with Gasteiger partial charge in [0.2, 0.25) is 0 Å². The highest BCUT2D eigenvalue weighted by Crippen LogP contribution is 2.22. The minimum atomic E-state index is -0.744. The Kier molecular flexibility index (Phi) is 7.45. The largest absolute Gasteiger partial charge is 0.392 e. The Morgan fingerprint density at radius 2 is 1.71 bits per heavy atom. The van der Waals surface area contributed by atoms with Gasteiger partial charge in [0, 0.05) is 48.6 Å². The van der Waals surface area contributed by atoms with Gasteiger partial charge in [-0.1, -0.05) is 23.4 Å². The summed E-state index contributed by atoms with van der Waals surface area (Å²) < 4.78 is 30.1. The number of para-hydroxylation sites is 1. The predicted octanol–water partition coefficient (Wildman–Crippen LogP) is 5.37. The number of aryl methyl sites for hydroxylation is 2. The quantitative estimate of drug-likeness (QED) is 0.353. The Morgan fingerprint density at radius 1 is 1.03 bits per heavy atom. The van der Waals surface area contributed by atoms with Crippen molar-refractivity contribution in [1.29, 1.82) is 0 Å². The van der Waals surface area contributed by atoms with Crippen molar-refractivity contribution in [3.05, 3.63) is 99.0 Å². The summed E-state index contributed by atoms with van der Waals surface area (Å²) in [6, 6.07) is 12.7. The van der Waals surface area contributed by atoms with Crippen LogP contribution in [0.2, 0.25) is 0 Å². The summed E-state index contributed by atoms with van der Waals surface area (Å²) in [5.74, 6) is -1.42. The second-order valence-electron chi connectivity index (χ2n) is 9.36. The summed E-state index contributed by atoms with van der Waals surface area (Å²) >= 11 is 0.